The largest absolute Gasteiger partial charge is 0.550 e. The summed E-state index contributed by atoms with van der Waals surface area (Å²) in [5.74, 6) is -0.384. The van der Waals surface area contributed by atoms with Gasteiger partial charge in [-0.2, -0.15) is 0 Å². The molecule has 0 aliphatic rings. The molecular weight excluding hydrogens is 385 g/mol. The molecule has 0 saturated carbocycles. The van der Waals surface area contributed by atoms with E-state index in [1.54, 1.807) is 12.1 Å². The van der Waals surface area contributed by atoms with Crippen molar-refractivity contribution in [3.05, 3.63) is 69.8 Å². The van der Waals surface area contributed by atoms with E-state index < -0.39 is 5.97 Å². The Bertz CT molecular complexity index is 1000. The molecule has 0 spiro atoms. The zero-order chi connectivity index (χ0) is 19.2. The minimum absolute atomic E-state index is 0.0115. The number of fused-ring (bicyclic) bond motifs is 1. The standard InChI is InChI=1S/C21H17Cl2NO3/c22-18-12-15-7-9-16(24-20(15)13-19(18)23)8-6-14-3-1-4-17(11-14)27-10-2-5-21(25)26/h1,3-4,6-9,11-13H,2,5,10H2,(H,25,26)/p-1. The van der Waals surface area contributed by atoms with Crippen LogP contribution in [0.25, 0.3) is 23.1 Å². The van der Waals surface area contributed by atoms with Crippen LogP contribution in [0.15, 0.2) is 48.5 Å². The van der Waals surface area contributed by atoms with Gasteiger partial charge >= 0.3 is 0 Å². The van der Waals surface area contributed by atoms with Crippen LogP contribution in [0.1, 0.15) is 24.1 Å². The molecule has 0 aliphatic heterocycles. The van der Waals surface area contributed by atoms with Crippen LogP contribution in [-0.2, 0) is 4.79 Å². The molecule has 1 heterocycles. The molecule has 0 aliphatic carbocycles. The van der Waals surface area contributed by atoms with Crippen LogP contribution in [0, 0.1) is 0 Å². The fourth-order valence-corrected chi connectivity index (χ4v) is 2.85. The Morgan fingerprint density at radius 1 is 1.07 bits per heavy atom. The van der Waals surface area contributed by atoms with E-state index in [1.165, 1.54) is 0 Å². The van der Waals surface area contributed by atoms with Crippen LogP contribution in [-0.4, -0.2) is 17.6 Å². The molecule has 0 radical (unpaired) electrons. The molecule has 2 aromatic carbocycles. The van der Waals surface area contributed by atoms with Gasteiger partial charge in [0, 0.05) is 11.4 Å². The number of carbonyl (C=O) groups excluding carboxylic acids is 1. The Morgan fingerprint density at radius 2 is 1.89 bits per heavy atom. The van der Waals surface area contributed by atoms with Crippen molar-refractivity contribution in [2.45, 2.75) is 12.8 Å². The Kier molecular flexibility index (Phi) is 6.32. The first-order valence-electron chi connectivity index (χ1n) is 8.38. The number of carboxylic acid groups (broad SMARTS) is 1. The van der Waals surface area contributed by atoms with Gasteiger partial charge in [0.1, 0.15) is 5.75 Å². The van der Waals surface area contributed by atoms with Crippen LogP contribution < -0.4 is 9.84 Å². The second kappa shape index (κ2) is 8.89. The summed E-state index contributed by atoms with van der Waals surface area (Å²) in [5.41, 5.74) is 2.51. The number of hydrogen-bond acceptors (Lipinski definition) is 4. The number of hydrogen-bond donors (Lipinski definition) is 0. The van der Waals surface area contributed by atoms with Crippen molar-refractivity contribution in [2.24, 2.45) is 0 Å². The van der Waals surface area contributed by atoms with Crippen LogP contribution in [0.2, 0.25) is 10.0 Å². The maximum Gasteiger partial charge on any atom is 0.119 e. The molecule has 27 heavy (non-hydrogen) atoms. The summed E-state index contributed by atoms with van der Waals surface area (Å²) in [7, 11) is 0. The van der Waals surface area contributed by atoms with Gasteiger partial charge in [0.15, 0.2) is 0 Å². The molecule has 3 aromatic rings. The van der Waals surface area contributed by atoms with E-state index in [4.69, 9.17) is 27.9 Å². The molecule has 0 bridgehead atoms. The van der Waals surface area contributed by atoms with Crippen molar-refractivity contribution >= 4 is 52.2 Å². The third kappa shape index (κ3) is 5.46. The van der Waals surface area contributed by atoms with E-state index in [-0.39, 0.29) is 6.42 Å². The van der Waals surface area contributed by atoms with E-state index in [0.29, 0.717) is 28.8 Å². The summed E-state index contributed by atoms with van der Waals surface area (Å²) in [5, 5.41) is 12.3. The molecule has 4 nitrogen and oxygen atoms in total. The molecule has 0 N–H and O–H groups in total. The topological polar surface area (TPSA) is 62.2 Å². The average Bonchev–Trinajstić information content (AvgIpc) is 2.65. The second-order valence-corrected chi connectivity index (χ2v) is 6.74. The lowest BCUT2D eigenvalue weighted by Gasteiger charge is -2.07. The SMILES string of the molecule is O=C([O-])CCCOc1cccc(C=Cc2ccc3cc(Cl)c(Cl)cc3n2)c1. The summed E-state index contributed by atoms with van der Waals surface area (Å²) in [6, 6.07) is 14.9. The summed E-state index contributed by atoms with van der Waals surface area (Å²) in [6.07, 6.45) is 4.23. The quantitative estimate of drug-likeness (QED) is 0.542. The number of aliphatic carboxylic acids is 1. The number of carboxylic acids is 1. The van der Waals surface area contributed by atoms with Gasteiger partial charge in [-0.1, -0.05) is 47.5 Å². The first-order valence-corrected chi connectivity index (χ1v) is 9.13. The Morgan fingerprint density at radius 3 is 2.70 bits per heavy atom. The maximum atomic E-state index is 10.4. The van der Waals surface area contributed by atoms with E-state index in [1.807, 2.05) is 48.6 Å². The number of rotatable bonds is 7. The van der Waals surface area contributed by atoms with Crippen molar-refractivity contribution < 1.29 is 14.6 Å². The second-order valence-electron chi connectivity index (χ2n) is 5.92. The zero-order valence-electron chi connectivity index (χ0n) is 14.3. The van der Waals surface area contributed by atoms with E-state index in [9.17, 15) is 9.90 Å². The monoisotopic (exact) mass is 400 g/mol. The van der Waals surface area contributed by atoms with E-state index >= 15 is 0 Å². The van der Waals surface area contributed by atoms with Crippen molar-refractivity contribution in [1.82, 2.24) is 4.98 Å². The number of halogens is 2. The number of carbonyl (C=O) groups is 1. The van der Waals surface area contributed by atoms with Crippen LogP contribution in [0.5, 0.6) is 5.75 Å². The highest BCUT2D eigenvalue weighted by Crippen LogP contribution is 2.27. The van der Waals surface area contributed by atoms with Gasteiger partial charge in [-0.15, -0.1) is 0 Å². The van der Waals surface area contributed by atoms with Gasteiger partial charge in [-0.25, -0.2) is 4.98 Å². The van der Waals surface area contributed by atoms with Gasteiger partial charge in [-0.05, 0) is 54.8 Å². The molecule has 138 valence electrons. The number of benzene rings is 2. The fourth-order valence-electron chi connectivity index (χ4n) is 2.52. The Labute approximate surface area is 167 Å². The normalized spacial score (nSPS) is 11.2. The molecular formula is C21H16Cl2NO3-. The van der Waals surface area contributed by atoms with Crippen LogP contribution in [0.3, 0.4) is 0 Å². The summed E-state index contributed by atoms with van der Waals surface area (Å²) >= 11 is 12.1. The van der Waals surface area contributed by atoms with Crippen molar-refractivity contribution in [2.75, 3.05) is 6.61 Å². The highest BCUT2D eigenvalue weighted by atomic mass is 35.5. The first-order chi connectivity index (χ1) is 13.0. The van der Waals surface area contributed by atoms with Crippen molar-refractivity contribution in [3.8, 4) is 5.75 Å². The summed E-state index contributed by atoms with van der Waals surface area (Å²) in [4.78, 5) is 15.0. The Hall–Kier alpha value is -2.56. The predicted molar refractivity (Wildman–Crippen MR) is 107 cm³/mol. The maximum absolute atomic E-state index is 10.4. The summed E-state index contributed by atoms with van der Waals surface area (Å²) in [6.45, 7) is 0.330. The highest BCUT2D eigenvalue weighted by Gasteiger charge is 2.03. The lowest BCUT2D eigenvalue weighted by Crippen LogP contribution is -2.22. The predicted octanol–water partition coefficient (Wildman–Crippen LogP) is 4.62. The molecule has 3 rings (SSSR count). The van der Waals surface area contributed by atoms with Crippen LogP contribution in [0.4, 0.5) is 0 Å². The van der Waals surface area contributed by atoms with Crippen molar-refractivity contribution in [3.63, 3.8) is 0 Å². The molecule has 0 amide bonds. The van der Waals surface area contributed by atoms with Crippen molar-refractivity contribution in [1.29, 1.82) is 0 Å². The molecule has 0 atom stereocenters. The molecule has 1 aromatic heterocycles. The Balaban J connectivity index is 1.70. The molecule has 0 fully saturated rings. The van der Waals surface area contributed by atoms with Gasteiger partial charge in [-0.3, -0.25) is 0 Å². The zero-order valence-corrected chi connectivity index (χ0v) is 15.8. The lowest BCUT2D eigenvalue weighted by molar-refractivity contribution is -0.305. The van der Waals surface area contributed by atoms with E-state index in [0.717, 1.165) is 22.2 Å². The minimum Gasteiger partial charge on any atom is -0.550 e. The van der Waals surface area contributed by atoms with E-state index in [2.05, 4.69) is 4.98 Å². The summed E-state index contributed by atoms with van der Waals surface area (Å²) < 4.78 is 5.56. The number of aromatic nitrogens is 1. The number of ether oxygens (including phenoxy) is 1. The van der Waals surface area contributed by atoms with Gasteiger partial charge in [0.05, 0.1) is 27.9 Å². The smallest absolute Gasteiger partial charge is 0.119 e. The third-order valence-electron chi connectivity index (χ3n) is 3.85. The van der Waals surface area contributed by atoms with Crippen LogP contribution >= 0.6 is 23.2 Å². The van der Waals surface area contributed by atoms with Gasteiger partial charge in [0.25, 0.3) is 0 Å². The minimum atomic E-state index is -1.07. The molecule has 6 heteroatoms. The fraction of sp³-hybridized carbons (Fsp3) is 0.143. The number of nitrogens with zero attached hydrogens (tertiary/aromatic N) is 1. The molecule has 0 saturated heterocycles. The third-order valence-corrected chi connectivity index (χ3v) is 4.57. The molecule has 0 unspecified atom stereocenters. The first kappa shape index (κ1) is 19.2. The van der Waals surface area contributed by atoms with Gasteiger partial charge in [0.2, 0.25) is 0 Å². The number of pyridine rings is 1. The average molecular weight is 401 g/mol. The highest BCUT2D eigenvalue weighted by molar-refractivity contribution is 6.42. The van der Waals surface area contributed by atoms with Gasteiger partial charge < -0.3 is 14.6 Å². The lowest BCUT2D eigenvalue weighted by atomic mass is 10.1.